The lowest BCUT2D eigenvalue weighted by Crippen LogP contribution is -2.17. The first kappa shape index (κ1) is 8.66. The monoisotopic (exact) mass is 179 g/mol. The van der Waals surface area contributed by atoms with Crippen LogP contribution < -0.4 is 0 Å². The Balaban J connectivity index is 2.08. The molecule has 3 nitrogen and oxygen atoms in total. The molecule has 1 N–H and O–H groups in total. The lowest BCUT2D eigenvalue weighted by molar-refractivity contribution is -0.00274. The van der Waals surface area contributed by atoms with Crippen molar-refractivity contribution in [3.63, 3.8) is 0 Å². The maximum Gasteiger partial charge on any atom is 0.107 e. The molecule has 13 heavy (non-hydrogen) atoms. The maximum absolute atomic E-state index is 9.86. The quantitative estimate of drug-likeness (QED) is 0.744. The first-order valence-electron chi connectivity index (χ1n) is 4.57. The van der Waals surface area contributed by atoms with Gasteiger partial charge in [0, 0.05) is 24.6 Å². The van der Waals surface area contributed by atoms with Crippen LogP contribution in [0.4, 0.5) is 0 Å². The molecule has 0 saturated carbocycles. The minimum absolute atomic E-state index is 0.0378. The van der Waals surface area contributed by atoms with Crippen LogP contribution in [0.3, 0.4) is 0 Å². The van der Waals surface area contributed by atoms with Gasteiger partial charge in [0.05, 0.1) is 6.10 Å². The highest BCUT2D eigenvalue weighted by Gasteiger charge is 2.25. The molecule has 0 unspecified atom stereocenters. The van der Waals surface area contributed by atoms with Crippen molar-refractivity contribution in [3.8, 4) is 0 Å². The number of aromatic nitrogens is 1. The van der Waals surface area contributed by atoms with Crippen molar-refractivity contribution in [2.24, 2.45) is 0 Å². The molecule has 0 spiro atoms. The van der Waals surface area contributed by atoms with Crippen LogP contribution in [-0.4, -0.2) is 22.8 Å². The van der Waals surface area contributed by atoms with E-state index in [-0.39, 0.29) is 6.10 Å². The van der Waals surface area contributed by atoms with Crippen LogP contribution in [0.15, 0.2) is 24.5 Å². The van der Waals surface area contributed by atoms with Crippen molar-refractivity contribution in [3.05, 3.63) is 30.1 Å². The molecule has 0 radical (unpaired) electrons. The molecule has 3 heteroatoms. The van der Waals surface area contributed by atoms with Crippen molar-refractivity contribution in [2.45, 2.75) is 25.0 Å². The minimum atomic E-state index is -0.517. The van der Waals surface area contributed by atoms with Gasteiger partial charge >= 0.3 is 0 Å². The molecule has 0 amide bonds. The van der Waals surface area contributed by atoms with Gasteiger partial charge in [0.25, 0.3) is 0 Å². The number of hydrogen-bond donors (Lipinski definition) is 1. The smallest absolute Gasteiger partial charge is 0.107 e. The van der Waals surface area contributed by atoms with Crippen LogP contribution >= 0.6 is 0 Å². The Morgan fingerprint density at radius 2 is 2.54 bits per heavy atom. The van der Waals surface area contributed by atoms with Crippen molar-refractivity contribution < 1.29 is 9.84 Å². The molecule has 2 rings (SSSR count). The van der Waals surface area contributed by atoms with Gasteiger partial charge in [0.1, 0.15) is 6.10 Å². The van der Waals surface area contributed by atoms with E-state index in [1.165, 1.54) is 0 Å². The van der Waals surface area contributed by atoms with E-state index in [1.807, 2.05) is 12.1 Å². The Morgan fingerprint density at radius 1 is 1.62 bits per heavy atom. The number of rotatable bonds is 2. The topological polar surface area (TPSA) is 42.4 Å². The number of aliphatic hydroxyl groups is 1. The standard InChI is InChI=1S/C10H13NO2/c12-10(9-4-2-6-13-9)8-3-1-5-11-7-8/h1,3,5,7,9-10,12H,2,4,6H2/t9-,10-/m1/s1. The van der Waals surface area contributed by atoms with Crippen LogP contribution in [0.1, 0.15) is 24.5 Å². The van der Waals surface area contributed by atoms with Crippen molar-refractivity contribution in [1.29, 1.82) is 0 Å². The van der Waals surface area contributed by atoms with Crippen LogP contribution in [0.5, 0.6) is 0 Å². The van der Waals surface area contributed by atoms with Crippen LogP contribution in [-0.2, 0) is 4.74 Å². The summed E-state index contributed by atoms with van der Waals surface area (Å²) in [6.45, 7) is 0.766. The molecule has 2 heterocycles. The van der Waals surface area contributed by atoms with Crippen LogP contribution in [0.2, 0.25) is 0 Å². The zero-order valence-corrected chi connectivity index (χ0v) is 7.39. The Morgan fingerprint density at radius 3 is 3.15 bits per heavy atom. The maximum atomic E-state index is 9.86. The summed E-state index contributed by atoms with van der Waals surface area (Å²) in [6.07, 6.45) is 4.82. The van der Waals surface area contributed by atoms with Crippen LogP contribution in [0.25, 0.3) is 0 Å². The normalized spacial score (nSPS) is 24.5. The molecule has 0 aliphatic carbocycles. The van der Waals surface area contributed by atoms with Crippen molar-refractivity contribution in [1.82, 2.24) is 4.98 Å². The number of aliphatic hydroxyl groups excluding tert-OH is 1. The highest BCUT2D eigenvalue weighted by atomic mass is 16.5. The summed E-state index contributed by atoms with van der Waals surface area (Å²) in [5.41, 5.74) is 0.842. The van der Waals surface area contributed by atoms with Gasteiger partial charge in [-0.2, -0.15) is 0 Å². The summed E-state index contributed by atoms with van der Waals surface area (Å²) in [4.78, 5) is 3.96. The Labute approximate surface area is 77.4 Å². The van der Waals surface area contributed by atoms with Crippen LogP contribution in [0, 0.1) is 0 Å². The predicted molar refractivity (Wildman–Crippen MR) is 48.2 cm³/mol. The van der Waals surface area contributed by atoms with E-state index in [9.17, 15) is 5.11 Å². The van der Waals surface area contributed by atoms with Crippen molar-refractivity contribution in [2.75, 3.05) is 6.61 Å². The molecule has 70 valence electrons. The number of pyridine rings is 1. The predicted octanol–water partition coefficient (Wildman–Crippen LogP) is 1.29. The van der Waals surface area contributed by atoms with Crippen molar-refractivity contribution >= 4 is 0 Å². The largest absolute Gasteiger partial charge is 0.386 e. The van der Waals surface area contributed by atoms with E-state index in [1.54, 1.807) is 12.4 Å². The summed E-state index contributed by atoms with van der Waals surface area (Å²) in [6, 6.07) is 3.70. The van der Waals surface area contributed by atoms with Gasteiger partial charge in [-0.3, -0.25) is 4.98 Å². The highest BCUT2D eigenvalue weighted by Crippen LogP contribution is 2.25. The molecular formula is C10H13NO2. The molecular weight excluding hydrogens is 166 g/mol. The van der Waals surface area contributed by atoms with Gasteiger partial charge in [-0.25, -0.2) is 0 Å². The second kappa shape index (κ2) is 3.85. The third-order valence-corrected chi connectivity index (χ3v) is 2.34. The number of ether oxygens (including phenoxy) is 1. The van der Waals surface area contributed by atoms with Gasteiger partial charge in [-0.05, 0) is 18.9 Å². The van der Waals surface area contributed by atoms with E-state index < -0.39 is 6.10 Å². The number of hydrogen-bond acceptors (Lipinski definition) is 3. The van der Waals surface area contributed by atoms with Gasteiger partial charge in [-0.15, -0.1) is 0 Å². The average Bonchev–Trinajstić information content (AvgIpc) is 2.71. The summed E-state index contributed by atoms with van der Waals surface area (Å²) in [7, 11) is 0. The van der Waals surface area contributed by atoms with Gasteiger partial charge in [0.2, 0.25) is 0 Å². The molecule has 2 atom stereocenters. The molecule has 1 aromatic heterocycles. The summed E-state index contributed by atoms with van der Waals surface area (Å²) < 4.78 is 5.39. The van der Waals surface area contributed by atoms with E-state index >= 15 is 0 Å². The average molecular weight is 179 g/mol. The zero-order chi connectivity index (χ0) is 9.10. The molecule has 1 aliphatic heterocycles. The summed E-state index contributed by atoms with van der Waals surface area (Å²) >= 11 is 0. The molecule has 1 aromatic rings. The summed E-state index contributed by atoms with van der Waals surface area (Å²) in [5.74, 6) is 0. The fourth-order valence-electron chi connectivity index (χ4n) is 1.62. The lowest BCUT2D eigenvalue weighted by atomic mass is 10.0. The first-order valence-corrected chi connectivity index (χ1v) is 4.57. The van der Waals surface area contributed by atoms with E-state index in [4.69, 9.17) is 4.74 Å². The van der Waals surface area contributed by atoms with Gasteiger partial charge < -0.3 is 9.84 Å². The van der Waals surface area contributed by atoms with Gasteiger partial charge in [-0.1, -0.05) is 6.07 Å². The lowest BCUT2D eigenvalue weighted by Gasteiger charge is -2.16. The summed E-state index contributed by atoms with van der Waals surface area (Å²) in [5, 5.41) is 9.86. The Hall–Kier alpha value is -0.930. The second-order valence-electron chi connectivity index (χ2n) is 3.28. The third-order valence-electron chi connectivity index (χ3n) is 2.34. The fraction of sp³-hybridized carbons (Fsp3) is 0.500. The molecule has 0 aromatic carbocycles. The third kappa shape index (κ3) is 1.87. The Bertz CT molecular complexity index is 257. The number of nitrogens with zero attached hydrogens (tertiary/aromatic N) is 1. The molecule has 0 bridgehead atoms. The second-order valence-corrected chi connectivity index (χ2v) is 3.28. The zero-order valence-electron chi connectivity index (χ0n) is 7.39. The van der Waals surface area contributed by atoms with E-state index in [0.29, 0.717) is 0 Å². The molecule has 1 fully saturated rings. The molecule has 1 saturated heterocycles. The van der Waals surface area contributed by atoms with E-state index in [0.717, 1.165) is 25.0 Å². The SMILES string of the molecule is O[C@H](c1cccnc1)[C@H]1CCCO1. The molecule has 1 aliphatic rings. The van der Waals surface area contributed by atoms with Gasteiger partial charge in [0.15, 0.2) is 0 Å². The fourth-order valence-corrected chi connectivity index (χ4v) is 1.62. The van der Waals surface area contributed by atoms with E-state index in [2.05, 4.69) is 4.98 Å². The highest BCUT2D eigenvalue weighted by molar-refractivity contribution is 5.13. The first-order chi connectivity index (χ1) is 6.38. The minimum Gasteiger partial charge on any atom is -0.386 e. The Kier molecular flexibility index (Phi) is 2.57.